The van der Waals surface area contributed by atoms with Crippen LogP contribution in [-0.4, -0.2) is 73.6 Å². The van der Waals surface area contributed by atoms with Crippen LogP contribution in [0.5, 0.6) is 0 Å². The quantitative estimate of drug-likeness (QED) is 0.0150. The number of allylic oxidation sites excluding steroid dienone is 7. The van der Waals surface area contributed by atoms with Gasteiger partial charge >= 0.3 is 5.97 Å². The van der Waals surface area contributed by atoms with Gasteiger partial charge in [0.1, 0.15) is 5.76 Å². The molecule has 1 aliphatic rings. The van der Waals surface area contributed by atoms with E-state index >= 15 is 0 Å². The van der Waals surface area contributed by atoms with E-state index in [2.05, 4.69) is 78.1 Å². The van der Waals surface area contributed by atoms with Gasteiger partial charge < -0.3 is 36.1 Å². The molecule has 69 heavy (non-hydrogen) atoms. The molecule has 14 heteroatoms. The van der Waals surface area contributed by atoms with Crippen molar-refractivity contribution < 1.29 is 43.0 Å². The van der Waals surface area contributed by atoms with Crippen LogP contribution in [0.25, 0.3) is 0 Å². The van der Waals surface area contributed by atoms with Gasteiger partial charge in [-0.15, -0.1) is 19.4 Å². The summed E-state index contributed by atoms with van der Waals surface area (Å²) in [6, 6.07) is 7.47. The second-order valence-electron chi connectivity index (χ2n) is 15.7. The van der Waals surface area contributed by atoms with Crippen molar-refractivity contribution in [2.45, 2.75) is 177 Å². The van der Waals surface area contributed by atoms with Gasteiger partial charge in [0.05, 0.1) is 32.0 Å². The molecular formula is C55H89N5O9. The Bertz CT molecular complexity index is 1630. The lowest BCUT2D eigenvalue weighted by Gasteiger charge is -2.19. The largest absolute Gasteiger partial charge is 0.470 e. The lowest BCUT2D eigenvalue weighted by Crippen LogP contribution is -2.44. The zero-order chi connectivity index (χ0) is 52.9. The van der Waals surface area contributed by atoms with Crippen molar-refractivity contribution in [2.24, 2.45) is 0 Å². The zero-order valence-corrected chi connectivity index (χ0v) is 43.6. The fraction of sp³-hybridized carbons (Fsp3) is 0.545. The highest BCUT2D eigenvalue weighted by Crippen LogP contribution is 2.16. The van der Waals surface area contributed by atoms with Crippen molar-refractivity contribution in [1.82, 2.24) is 26.6 Å². The molecular weight excluding hydrogens is 875 g/mol. The molecule has 0 heterocycles. The molecule has 0 aromatic heterocycles. The highest BCUT2D eigenvalue weighted by molar-refractivity contribution is 6.37. The van der Waals surface area contributed by atoms with E-state index in [0.717, 1.165) is 44.3 Å². The summed E-state index contributed by atoms with van der Waals surface area (Å²) in [6.07, 6.45) is 40.9. The van der Waals surface area contributed by atoms with Crippen LogP contribution in [-0.2, 0) is 43.0 Å². The molecule has 1 aromatic carbocycles. The van der Waals surface area contributed by atoms with Gasteiger partial charge in [-0.3, -0.25) is 28.8 Å². The fourth-order valence-electron chi connectivity index (χ4n) is 5.27. The molecule has 1 aliphatic carbocycles. The van der Waals surface area contributed by atoms with E-state index < -0.39 is 42.7 Å². The molecule has 1 fully saturated rings. The van der Waals surface area contributed by atoms with Crippen LogP contribution in [0.1, 0.15) is 170 Å². The lowest BCUT2D eigenvalue weighted by atomic mass is 10.0. The van der Waals surface area contributed by atoms with Crippen LogP contribution in [0.4, 0.5) is 0 Å². The number of esters is 1. The van der Waals surface area contributed by atoms with Crippen molar-refractivity contribution in [3.05, 3.63) is 97.0 Å². The number of carbonyl (C=O) groups excluding carboxylic acids is 7. The first-order chi connectivity index (χ1) is 33.2. The number of ketones is 1. The molecule has 0 bridgehead atoms. The second kappa shape index (κ2) is 52.7. The van der Waals surface area contributed by atoms with Crippen molar-refractivity contribution >= 4 is 41.8 Å². The molecule has 1 saturated carbocycles. The predicted octanol–water partition coefficient (Wildman–Crippen LogP) is 9.74. The standard InChI is InChI=1S/C23H38N2O3.C17H21N3O6.C6H12.C4H10.C3H6.C2H2/c1-5-8-10-11-12-16-21(7-3)28-18-14-13-15-20(4)25-23(27)19-24-22(26)17-9-6-2;1-11(2)26-17(25)15(12-6-4-3-5-7-12)20-14(23)9-19-16(24)13(22)8-18-10-21;1-2-4-6-5-3-1;1-3-4-2;1-3-2;1-2/h5,7-8,11-12,14,18,20H,6,9-10,13,15-17,19H2,1-4H3,(H,24,26)(H,25,27);3-7,10-11,15H,8-9H2,1-2H3,(H,18,21)(H,19,24)(H,20,23);1-6H2;3-4H2,1-2H3;3H,1H2,2H3;1-2H/b8-5-,12-11?,18-14?,21-7+;;;;;. The fourth-order valence-corrected chi connectivity index (χ4v) is 5.27. The summed E-state index contributed by atoms with van der Waals surface area (Å²) < 4.78 is 10.8. The number of rotatable bonds is 26. The third-order valence-electron chi connectivity index (χ3n) is 9.04. The SMILES string of the molecule is C#C.C/C=C\CC=CC/C(=C\C)OC=CCCC(C)NC(=O)CNC(=O)CCCC.C1CCCCC1.C=CC.CC(C)OC(=O)C(NC(=O)CNC(=O)C(=O)CNC=O)c1ccccc1.CCCC. The summed E-state index contributed by atoms with van der Waals surface area (Å²) in [5, 5.41) is 12.2. The summed E-state index contributed by atoms with van der Waals surface area (Å²) in [6.45, 7) is 20.0. The van der Waals surface area contributed by atoms with Gasteiger partial charge in [0.15, 0.2) is 6.04 Å². The van der Waals surface area contributed by atoms with Crippen LogP contribution in [0, 0.1) is 12.8 Å². The number of carbonyl (C=O) groups is 7. The summed E-state index contributed by atoms with van der Waals surface area (Å²) >= 11 is 0. The van der Waals surface area contributed by atoms with E-state index in [1.54, 1.807) is 56.5 Å². The second-order valence-corrected chi connectivity index (χ2v) is 15.7. The van der Waals surface area contributed by atoms with Gasteiger partial charge in [-0.2, -0.15) is 0 Å². The molecule has 0 spiro atoms. The molecule has 5 amide bonds. The van der Waals surface area contributed by atoms with Gasteiger partial charge in [0.2, 0.25) is 29.9 Å². The van der Waals surface area contributed by atoms with Crippen molar-refractivity contribution in [2.75, 3.05) is 19.6 Å². The number of amides is 5. The Balaban J connectivity index is -0.000000471. The van der Waals surface area contributed by atoms with E-state index in [9.17, 15) is 33.6 Å². The lowest BCUT2D eigenvalue weighted by molar-refractivity contribution is -0.151. The first kappa shape index (κ1) is 69.3. The predicted molar refractivity (Wildman–Crippen MR) is 281 cm³/mol. The average molecular weight is 964 g/mol. The molecule has 388 valence electrons. The average Bonchev–Trinajstić information content (AvgIpc) is 3.36. The topological polar surface area (TPSA) is 198 Å². The molecule has 0 radical (unpaired) electrons. The maximum absolute atomic E-state index is 12.2. The molecule has 2 rings (SSSR count). The van der Waals surface area contributed by atoms with Crippen LogP contribution in [0.15, 0.2) is 91.5 Å². The van der Waals surface area contributed by atoms with Crippen molar-refractivity contribution in [3.63, 3.8) is 0 Å². The molecule has 0 aliphatic heterocycles. The minimum atomic E-state index is -1.05. The van der Waals surface area contributed by atoms with Gasteiger partial charge in [-0.1, -0.05) is 139 Å². The molecule has 1 aromatic rings. The maximum atomic E-state index is 12.2. The summed E-state index contributed by atoms with van der Waals surface area (Å²) in [5.74, 6) is -2.55. The molecule has 14 nitrogen and oxygen atoms in total. The number of hydrogen-bond donors (Lipinski definition) is 5. The van der Waals surface area contributed by atoms with E-state index in [0.29, 0.717) is 12.0 Å². The minimum Gasteiger partial charge on any atom is -0.470 e. The van der Waals surface area contributed by atoms with E-state index in [1.165, 1.54) is 51.4 Å². The molecule has 0 saturated heterocycles. The monoisotopic (exact) mass is 964 g/mol. The number of nitrogens with one attached hydrogen (secondary N) is 5. The third kappa shape index (κ3) is 48.0. The normalized spacial score (nSPS) is 12.4. The number of hydrogen-bond acceptors (Lipinski definition) is 9. The maximum Gasteiger partial charge on any atom is 0.333 e. The summed E-state index contributed by atoms with van der Waals surface area (Å²) in [5.41, 5.74) is 0.518. The Hall–Kier alpha value is -6.23. The number of ether oxygens (including phenoxy) is 2. The Morgan fingerprint density at radius 2 is 1.30 bits per heavy atom. The molecule has 2 atom stereocenters. The Morgan fingerprint density at radius 1 is 0.739 bits per heavy atom. The number of terminal acetylenes is 1. The first-order valence-corrected chi connectivity index (χ1v) is 24.4. The first-order valence-electron chi connectivity index (χ1n) is 24.4. The van der Waals surface area contributed by atoms with Crippen LogP contribution >= 0.6 is 0 Å². The number of benzene rings is 1. The van der Waals surface area contributed by atoms with Gasteiger partial charge in [0.25, 0.3) is 5.91 Å². The van der Waals surface area contributed by atoms with E-state index in [1.807, 2.05) is 52.8 Å². The molecule has 5 N–H and O–H groups in total. The van der Waals surface area contributed by atoms with Gasteiger partial charge in [-0.05, 0) is 84.9 Å². The Kier molecular flexibility index (Phi) is 53.0. The highest BCUT2D eigenvalue weighted by atomic mass is 16.5. The molecule has 2 unspecified atom stereocenters. The zero-order valence-electron chi connectivity index (χ0n) is 43.6. The number of unbranched alkanes of at least 4 members (excludes halogenated alkanes) is 2. The van der Waals surface area contributed by atoms with Crippen molar-refractivity contribution in [3.8, 4) is 12.8 Å². The third-order valence-corrected chi connectivity index (χ3v) is 9.04. The van der Waals surface area contributed by atoms with Crippen LogP contribution in [0.3, 0.4) is 0 Å². The Morgan fingerprint density at radius 3 is 1.81 bits per heavy atom. The van der Waals surface area contributed by atoms with Crippen LogP contribution < -0.4 is 26.6 Å². The van der Waals surface area contributed by atoms with Gasteiger partial charge in [-0.25, -0.2) is 4.79 Å². The summed E-state index contributed by atoms with van der Waals surface area (Å²) in [7, 11) is 0. The van der Waals surface area contributed by atoms with Crippen molar-refractivity contribution in [1.29, 1.82) is 0 Å². The minimum absolute atomic E-state index is 0.0397. The smallest absolute Gasteiger partial charge is 0.333 e. The summed E-state index contributed by atoms with van der Waals surface area (Å²) in [4.78, 5) is 80.5. The van der Waals surface area contributed by atoms with E-state index in [4.69, 9.17) is 9.47 Å². The van der Waals surface area contributed by atoms with E-state index in [-0.39, 0.29) is 36.9 Å². The Labute approximate surface area is 416 Å². The van der Waals surface area contributed by atoms with Gasteiger partial charge in [0, 0.05) is 18.9 Å². The highest BCUT2D eigenvalue weighted by Gasteiger charge is 2.25. The van der Waals surface area contributed by atoms with Crippen LogP contribution in [0.2, 0.25) is 0 Å². The number of Topliss-reactive ketones (excluding diaryl/α,β-unsaturated/α-hetero) is 1.